The van der Waals surface area contributed by atoms with E-state index in [4.69, 9.17) is 23.2 Å². The Labute approximate surface area is 123 Å². The van der Waals surface area contributed by atoms with Gasteiger partial charge in [0, 0.05) is 17.5 Å². The molecule has 0 saturated carbocycles. The molecule has 0 fully saturated rings. The predicted molar refractivity (Wildman–Crippen MR) is 78.7 cm³/mol. The molecule has 0 radical (unpaired) electrons. The molecule has 5 heteroatoms. The van der Waals surface area contributed by atoms with Crippen LogP contribution in [0.5, 0.6) is 5.75 Å². The van der Waals surface area contributed by atoms with Crippen LogP contribution in [0.15, 0.2) is 24.3 Å². The van der Waals surface area contributed by atoms with Crippen LogP contribution in [-0.2, 0) is 4.79 Å². The fraction of sp³-hybridized carbons (Fsp3) is 0.357. The molecule has 1 unspecified atom stereocenters. The maximum Gasteiger partial charge on any atom is 0.217 e. The second-order valence-corrected chi connectivity index (χ2v) is 5.23. The first-order valence-electron chi connectivity index (χ1n) is 5.96. The number of benzene rings is 1. The lowest BCUT2D eigenvalue weighted by atomic mass is 9.97. The average molecular weight is 302 g/mol. The number of hydrogen-bond acceptors (Lipinski definition) is 2. The van der Waals surface area contributed by atoms with Gasteiger partial charge in [0.05, 0.1) is 11.1 Å². The summed E-state index contributed by atoms with van der Waals surface area (Å²) < 4.78 is 0. The van der Waals surface area contributed by atoms with E-state index in [1.165, 1.54) is 13.0 Å². The highest BCUT2D eigenvalue weighted by atomic mass is 35.5. The van der Waals surface area contributed by atoms with E-state index >= 15 is 0 Å². The summed E-state index contributed by atoms with van der Waals surface area (Å²) in [6.07, 6.45) is 1.32. The van der Waals surface area contributed by atoms with Gasteiger partial charge < -0.3 is 10.4 Å². The van der Waals surface area contributed by atoms with E-state index in [0.29, 0.717) is 17.0 Å². The van der Waals surface area contributed by atoms with Gasteiger partial charge in [0.1, 0.15) is 5.75 Å². The van der Waals surface area contributed by atoms with E-state index in [9.17, 15) is 9.90 Å². The average Bonchev–Trinajstić information content (AvgIpc) is 2.32. The largest absolute Gasteiger partial charge is 0.506 e. The number of carbonyl (C=O) groups is 1. The van der Waals surface area contributed by atoms with Crippen LogP contribution in [0.4, 0.5) is 0 Å². The smallest absolute Gasteiger partial charge is 0.217 e. The SMILES string of the molecule is C=C(CC)CC(NC(C)=O)c1cc(Cl)cc(Cl)c1O. The van der Waals surface area contributed by atoms with E-state index in [0.717, 1.165) is 12.0 Å². The lowest BCUT2D eigenvalue weighted by Gasteiger charge is -2.21. The Morgan fingerprint density at radius 1 is 1.47 bits per heavy atom. The molecule has 0 aliphatic carbocycles. The number of phenolic OH excluding ortho intramolecular Hbond substituents is 1. The van der Waals surface area contributed by atoms with Crippen molar-refractivity contribution < 1.29 is 9.90 Å². The second kappa shape index (κ2) is 6.83. The van der Waals surface area contributed by atoms with Crippen molar-refractivity contribution in [3.8, 4) is 5.75 Å². The Hall–Kier alpha value is -1.19. The van der Waals surface area contributed by atoms with Gasteiger partial charge in [-0.2, -0.15) is 0 Å². The van der Waals surface area contributed by atoms with Gasteiger partial charge in [-0.15, -0.1) is 0 Å². The van der Waals surface area contributed by atoms with Crippen molar-refractivity contribution in [1.29, 1.82) is 0 Å². The molecule has 1 aromatic rings. The highest BCUT2D eigenvalue weighted by molar-refractivity contribution is 6.35. The molecule has 0 aromatic heterocycles. The quantitative estimate of drug-likeness (QED) is 0.800. The number of aromatic hydroxyl groups is 1. The third-order valence-corrected chi connectivity index (χ3v) is 3.31. The van der Waals surface area contributed by atoms with Crippen LogP contribution in [0.2, 0.25) is 10.0 Å². The molecule has 1 amide bonds. The second-order valence-electron chi connectivity index (χ2n) is 4.39. The fourth-order valence-electron chi connectivity index (χ4n) is 1.77. The summed E-state index contributed by atoms with van der Waals surface area (Å²) in [5.41, 5.74) is 1.47. The summed E-state index contributed by atoms with van der Waals surface area (Å²) in [4.78, 5) is 11.3. The van der Waals surface area contributed by atoms with Gasteiger partial charge in [0.25, 0.3) is 0 Å². The Balaban J connectivity index is 3.16. The monoisotopic (exact) mass is 301 g/mol. The minimum absolute atomic E-state index is 0.0614. The lowest BCUT2D eigenvalue weighted by molar-refractivity contribution is -0.119. The highest BCUT2D eigenvalue weighted by Crippen LogP contribution is 2.37. The number of nitrogens with one attached hydrogen (secondary N) is 1. The van der Waals surface area contributed by atoms with Gasteiger partial charge in [-0.05, 0) is 25.0 Å². The molecule has 1 aromatic carbocycles. The standard InChI is InChI=1S/C14H17Cl2NO2/c1-4-8(2)5-13(17-9(3)18)11-6-10(15)7-12(16)14(11)19/h6-7,13,19H,2,4-5H2,1,3H3,(H,17,18). The number of amides is 1. The van der Waals surface area contributed by atoms with Crippen molar-refractivity contribution >= 4 is 29.1 Å². The topological polar surface area (TPSA) is 49.3 Å². The van der Waals surface area contributed by atoms with Crippen LogP contribution < -0.4 is 5.32 Å². The molecule has 2 N–H and O–H groups in total. The predicted octanol–water partition coefficient (Wildman–Crippen LogP) is 4.23. The summed E-state index contributed by atoms with van der Waals surface area (Å²) in [6.45, 7) is 7.33. The molecule has 0 spiro atoms. The fourth-order valence-corrected chi connectivity index (χ4v) is 2.28. The zero-order valence-corrected chi connectivity index (χ0v) is 12.5. The van der Waals surface area contributed by atoms with Gasteiger partial charge in [-0.25, -0.2) is 0 Å². The summed E-state index contributed by atoms with van der Waals surface area (Å²) >= 11 is 11.8. The molecule has 104 valence electrons. The van der Waals surface area contributed by atoms with E-state index < -0.39 is 0 Å². The van der Waals surface area contributed by atoms with Gasteiger partial charge in [0.2, 0.25) is 5.91 Å². The summed E-state index contributed by atoms with van der Waals surface area (Å²) in [7, 11) is 0. The Kier molecular flexibility index (Phi) is 5.70. The van der Waals surface area contributed by atoms with E-state index in [1.807, 2.05) is 6.92 Å². The number of rotatable bonds is 5. The first-order valence-corrected chi connectivity index (χ1v) is 6.72. The van der Waals surface area contributed by atoms with E-state index in [1.54, 1.807) is 6.07 Å². The molecule has 1 rings (SSSR count). The van der Waals surface area contributed by atoms with Crippen LogP contribution in [-0.4, -0.2) is 11.0 Å². The van der Waals surface area contributed by atoms with Crippen molar-refractivity contribution in [3.05, 3.63) is 39.9 Å². The van der Waals surface area contributed by atoms with Gasteiger partial charge in [-0.3, -0.25) is 4.79 Å². The lowest BCUT2D eigenvalue weighted by Crippen LogP contribution is -2.26. The van der Waals surface area contributed by atoms with Crippen molar-refractivity contribution in [2.24, 2.45) is 0 Å². The van der Waals surface area contributed by atoms with Crippen molar-refractivity contribution in [3.63, 3.8) is 0 Å². The zero-order valence-electron chi connectivity index (χ0n) is 11.0. The summed E-state index contributed by atoms with van der Waals surface area (Å²) in [5, 5.41) is 13.4. The molecular formula is C14H17Cl2NO2. The Bertz CT molecular complexity index is 500. The van der Waals surface area contributed by atoms with Gasteiger partial charge >= 0.3 is 0 Å². The van der Waals surface area contributed by atoms with Crippen LogP contribution in [0, 0.1) is 0 Å². The first kappa shape index (κ1) is 15.9. The molecular weight excluding hydrogens is 285 g/mol. The van der Waals surface area contributed by atoms with Gasteiger partial charge in [0.15, 0.2) is 0 Å². The highest BCUT2D eigenvalue weighted by Gasteiger charge is 2.19. The summed E-state index contributed by atoms with van der Waals surface area (Å²) in [5.74, 6) is -0.252. The van der Waals surface area contributed by atoms with Crippen molar-refractivity contribution in [2.45, 2.75) is 32.7 Å². The number of hydrogen-bond donors (Lipinski definition) is 2. The molecule has 0 aliphatic heterocycles. The Morgan fingerprint density at radius 2 is 2.11 bits per heavy atom. The molecule has 3 nitrogen and oxygen atoms in total. The third kappa shape index (κ3) is 4.44. The molecule has 0 aliphatic rings. The zero-order chi connectivity index (χ0) is 14.6. The maximum absolute atomic E-state index is 11.3. The van der Waals surface area contributed by atoms with Crippen molar-refractivity contribution in [1.82, 2.24) is 5.32 Å². The number of phenols is 1. The van der Waals surface area contributed by atoms with Crippen LogP contribution >= 0.6 is 23.2 Å². The maximum atomic E-state index is 11.3. The number of halogens is 2. The third-order valence-electron chi connectivity index (χ3n) is 2.80. The Morgan fingerprint density at radius 3 is 2.63 bits per heavy atom. The first-order chi connectivity index (χ1) is 8.85. The number of carbonyl (C=O) groups excluding carboxylic acids is 1. The van der Waals surface area contributed by atoms with Crippen LogP contribution in [0.1, 0.15) is 38.3 Å². The van der Waals surface area contributed by atoms with Crippen molar-refractivity contribution in [2.75, 3.05) is 0 Å². The minimum atomic E-state index is -0.388. The van der Waals surface area contributed by atoms with Crippen LogP contribution in [0.3, 0.4) is 0 Å². The summed E-state index contributed by atoms with van der Waals surface area (Å²) in [6, 6.07) is 2.68. The molecule has 0 bridgehead atoms. The molecule has 1 atom stereocenters. The molecule has 0 heterocycles. The van der Waals surface area contributed by atoms with E-state index in [-0.39, 0.29) is 22.7 Å². The minimum Gasteiger partial charge on any atom is -0.506 e. The molecule has 0 saturated heterocycles. The van der Waals surface area contributed by atoms with Gasteiger partial charge in [-0.1, -0.05) is 42.3 Å². The normalized spacial score (nSPS) is 12.0. The molecule has 19 heavy (non-hydrogen) atoms. The van der Waals surface area contributed by atoms with Crippen LogP contribution in [0.25, 0.3) is 0 Å². The van der Waals surface area contributed by atoms with E-state index in [2.05, 4.69) is 11.9 Å².